The number of alkyl halides is 1. The van der Waals surface area contributed by atoms with Crippen molar-refractivity contribution in [1.82, 2.24) is 0 Å². The van der Waals surface area contributed by atoms with Crippen molar-refractivity contribution in [2.75, 3.05) is 6.54 Å². The molecule has 0 aliphatic carbocycles. The van der Waals surface area contributed by atoms with E-state index in [1.54, 1.807) is 0 Å². The highest BCUT2D eigenvalue weighted by atomic mass is 19.1. The van der Waals surface area contributed by atoms with Crippen LogP contribution in [0.4, 0.5) is 4.39 Å². The van der Waals surface area contributed by atoms with Crippen LogP contribution in [0.1, 0.15) is 12.8 Å². The lowest BCUT2D eigenvalue weighted by molar-refractivity contribution is 0.0334. The number of hydrogen-bond donors (Lipinski definition) is 2. The summed E-state index contributed by atoms with van der Waals surface area (Å²) in [5.74, 6) is 0. The molecule has 1 atom stereocenters. The maximum Gasteiger partial charge on any atom is 0.196 e. The monoisotopic (exact) mass is 107 g/mol. The SMILES string of the molecule is NCCCC(O)F. The van der Waals surface area contributed by atoms with E-state index in [0.29, 0.717) is 13.0 Å². The fourth-order valence-electron chi connectivity index (χ4n) is 0.286. The van der Waals surface area contributed by atoms with Gasteiger partial charge in [-0.2, -0.15) is 0 Å². The van der Waals surface area contributed by atoms with Crippen molar-refractivity contribution in [2.24, 2.45) is 5.73 Å². The second-order valence-electron chi connectivity index (χ2n) is 1.37. The first kappa shape index (κ1) is 6.85. The maximum absolute atomic E-state index is 11.4. The molecule has 0 spiro atoms. The van der Waals surface area contributed by atoms with Crippen molar-refractivity contribution in [3.63, 3.8) is 0 Å². The molecule has 44 valence electrons. The molecule has 1 unspecified atom stereocenters. The molecule has 3 heteroatoms. The standard InChI is InChI=1S/C4H10FNO/c5-4(7)2-1-3-6/h4,7H,1-3,6H2. The van der Waals surface area contributed by atoms with E-state index < -0.39 is 6.36 Å². The van der Waals surface area contributed by atoms with E-state index in [2.05, 4.69) is 0 Å². The molecular formula is C4H10FNO. The van der Waals surface area contributed by atoms with Gasteiger partial charge in [0, 0.05) is 6.42 Å². The van der Waals surface area contributed by atoms with E-state index >= 15 is 0 Å². The van der Waals surface area contributed by atoms with Gasteiger partial charge < -0.3 is 10.8 Å². The van der Waals surface area contributed by atoms with Crippen molar-refractivity contribution < 1.29 is 9.50 Å². The fourth-order valence-corrected chi connectivity index (χ4v) is 0.286. The Labute approximate surface area is 42.1 Å². The molecule has 0 bridgehead atoms. The molecule has 0 radical (unpaired) electrons. The molecule has 0 aromatic heterocycles. The van der Waals surface area contributed by atoms with E-state index in [9.17, 15) is 4.39 Å². The highest BCUT2D eigenvalue weighted by molar-refractivity contribution is 4.40. The largest absolute Gasteiger partial charge is 0.364 e. The Hall–Kier alpha value is -0.150. The van der Waals surface area contributed by atoms with Crippen LogP contribution in [0.15, 0.2) is 0 Å². The van der Waals surface area contributed by atoms with Crippen LogP contribution in [0, 0.1) is 0 Å². The van der Waals surface area contributed by atoms with Crippen LogP contribution in [0.5, 0.6) is 0 Å². The predicted molar refractivity (Wildman–Crippen MR) is 25.4 cm³/mol. The second kappa shape index (κ2) is 4.02. The van der Waals surface area contributed by atoms with Crippen molar-refractivity contribution in [1.29, 1.82) is 0 Å². The smallest absolute Gasteiger partial charge is 0.196 e. The van der Waals surface area contributed by atoms with Crippen molar-refractivity contribution in [3.8, 4) is 0 Å². The van der Waals surface area contributed by atoms with Gasteiger partial charge in [-0.1, -0.05) is 0 Å². The molecule has 0 heterocycles. The van der Waals surface area contributed by atoms with Gasteiger partial charge >= 0.3 is 0 Å². The molecule has 3 N–H and O–H groups in total. The first-order valence-electron chi connectivity index (χ1n) is 2.29. The Kier molecular flexibility index (Phi) is 3.93. The van der Waals surface area contributed by atoms with Crippen LogP contribution in [0.3, 0.4) is 0 Å². The average Bonchev–Trinajstić information content (AvgIpc) is 1.61. The Morgan fingerprint density at radius 2 is 2.29 bits per heavy atom. The summed E-state index contributed by atoms with van der Waals surface area (Å²) in [5, 5.41) is 7.96. The maximum atomic E-state index is 11.4. The number of hydrogen-bond acceptors (Lipinski definition) is 2. The molecule has 0 aromatic rings. The lowest BCUT2D eigenvalue weighted by atomic mass is 10.3. The summed E-state index contributed by atoms with van der Waals surface area (Å²) in [6.07, 6.45) is -0.961. The molecule has 0 amide bonds. The number of aliphatic hydroxyl groups excluding tert-OH is 1. The molecule has 0 aromatic carbocycles. The zero-order valence-electron chi connectivity index (χ0n) is 4.10. The molecule has 0 rings (SSSR count). The third-order valence-electron chi connectivity index (χ3n) is 0.646. The third kappa shape index (κ3) is 5.85. The summed E-state index contributed by atoms with van der Waals surface area (Å²) in [6, 6.07) is 0. The first-order valence-corrected chi connectivity index (χ1v) is 2.29. The average molecular weight is 107 g/mol. The normalized spacial score (nSPS) is 14.1. The zero-order chi connectivity index (χ0) is 5.70. The van der Waals surface area contributed by atoms with Gasteiger partial charge in [-0.3, -0.25) is 0 Å². The molecule has 0 aliphatic heterocycles. The summed E-state index contributed by atoms with van der Waals surface area (Å²) in [5.41, 5.74) is 5.00. The van der Waals surface area contributed by atoms with Crippen LogP contribution < -0.4 is 5.73 Å². The number of nitrogens with two attached hydrogens (primary N) is 1. The fraction of sp³-hybridized carbons (Fsp3) is 1.00. The predicted octanol–water partition coefficient (Wildman–Crippen LogP) is 0.0132. The molecule has 0 aliphatic rings. The van der Waals surface area contributed by atoms with Crippen LogP contribution in [0.2, 0.25) is 0 Å². The van der Waals surface area contributed by atoms with Crippen molar-refractivity contribution in [2.45, 2.75) is 19.2 Å². The molecular weight excluding hydrogens is 97.0 g/mol. The molecule has 0 fully saturated rings. The quantitative estimate of drug-likeness (QED) is 0.533. The van der Waals surface area contributed by atoms with Gasteiger partial charge in [0.15, 0.2) is 6.36 Å². The highest BCUT2D eigenvalue weighted by Crippen LogP contribution is 1.93. The molecule has 0 saturated heterocycles. The van der Waals surface area contributed by atoms with Gasteiger partial charge in [0.05, 0.1) is 0 Å². The van der Waals surface area contributed by atoms with Gasteiger partial charge in [-0.15, -0.1) is 0 Å². The summed E-state index contributed by atoms with van der Waals surface area (Å²) < 4.78 is 11.4. The van der Waals surface area contributed by atoms with E-state index in [-0.39, 0.29) is 6.42 Å². The van der Waals surface area contributed by atoms with Gasteiger partial charge in [0.25, 0.3) is 0 Å². The topological polar surface area (TPSA) is 46.2 Å². The van der Waals surface area contributed by atoms with Gasteiger partial charge in [0.2, 0.25) is 0 Å². The van der Waals surface area contributed by atoms with Gasteiger partial charge in [0.1, 0.15) is 0 Å². The summed E-state index contributed by atoms with van der Waals surface area (Å²) in [4.78, 5) is 0. The Morgan fingerprint density at radius 1 is 1.71 bits per heavy atom. The van der Waals surface area contributed by atoms with E-state index in [1.165, 1.54) is 0 Å². The minimum atomic E-state index is -1.68. The summed E-state index contributed by atoms with van der Waals surface area (Å²) in [7, 11) is 0. The van der Waals surface area contributed by atoms with Crippen molar-refractivity contribution in [3.05, 3.63) is 0 Å². The number of halogens is 1. The van der Waals surface area contributed by atoms with Gasteiger partial charge in [-0.05, 0) is 13.0 Å². The van der Waals surface area contributed by atoms with Gasteiger partial charge in [-0.25, -0.2) is 4.39 Å². The van der Waals surface area contributed by atoms with Crippen LogP contribution in [0.25, 0.3) is 0 Å². The van der Waals surface area contributed by atoms with Crippen molar-refractivity contribution >= 4 is 0 Å². The van der Waals surface area contributed by atoms with Crippen LogP contribution in [-0.4, -0.2) is 18.0 Å². The Bertz CT molecular complexity index is 40.7. The zero-order valence-corrected chi connectivity index (χ0v) is 4.10. The summed E-state index contributed by atoms with van der Waals surface area (Å²) in [6.45, 7) is 0.445. The molecule has 7 heavy (non-hydrogen) atoms. The molecule has 0 saturated carbocycles. The summed E-state index contributed by atoms with van der Waals surface area (Å²) >= 11 is 0. The third-order valence-corrected chi connectivity index (χ3v) is 0.646. The number of rotatable bonds is 3. The van der Waals surface area contributed by atoms with E-state index in [1.807, 2.05) is 0 Å². The van der Waals surface area contributed by atoms with E-state index in [0.717, 1.165) is 0 Å². The minimum Gasteiger partial charge on any atom is -0.364 e. The lowest BCUT2D eigenvalue weighted by Crippen LogP contribution is -2.03. The van der Waals surface area contributed by atoms with Crippen LogP contribution in [-0.2, 0) is 0 Å². The molecule has 2 nitrogen and oxygen atoms in total. The highest BCUT2D eigenvalue weighted by Gasteiger charge is 1.94. The Morgan fingerprint density at radius 3 is 2.43 bits per heavy atom. The van der Waals surface area contributed by atoms with Crippen LogP contribution >= 0.6 is 0 Å². The minimum absolute atomic E-state index is 0.163. The van der Waals surface area contributed by atoms with E-state index in [4.69, 9.17) is 10.8 Å². The Balaban J connectivity index is 2.68. The number of aliphatic hydroxyl groups is 1. The lowest BCUT2D eigenvalue weighted by Gasteiger charge is -1.94. The second-order valence-corrected chi connectivity index (χ2v) is 1.37. The first-order chi connectivity index (χ1) is 3.27.